The molecule has 0 saturated carbocycles. The maximum Gasteiger partial charge on any atom is 0.248 e. The van der Waals surface area contributed by atoms with Crippen molar-refractivity contribution in [1.29, 1.82) is 0 Å². The third kappa shape index (κ3) is 3.17. The SMILES string of the molecule is CC[C@H](C)c1ccc(O[P@@]2(=O)CC[C@H](C)C2)cc1. The van der Waals surface area contributed by atoms with E-state index in [0.29, 0.717) is 11.8 Å². The zero-order valence-corrected chi connectivity index (χ0v) is 12.5. The molecule has 1 heterocycles. The summed E-state index contributed by atoms with van der Waals surface area (Å²) in [7, 11) is -2.39. The van der Waals surface area contributed by atoms with Gasteiger partial charge in [-0.15, -0.1) is 0 Å². The van der Waals surface area contributed by atoms with E-state index in [-0.39, 0.29) is 0 Å². The standard InChI is InChI=1S/C15H23O2P/c1-4-13(3)14-5-7-15(8-6-14)17-18(16)10-9-12(2)11-18/h5-8,12-13H,4,9-11H2,1-3H3/t12-,13-,18-/m0/s1. The van der Waals surface area contributed by atoms with Crippen molar-refractivity contribution in [3.05, 3.63) is 29.8 Å². The number of hydrogen-bond donors (Lipinski definition) is 0. The molecular formula is C15H23O2P. The molecule has 2 rings (SSSR count). The third-order valence-electron chi connectivity index (χ3n) is 3.89. The van der Waals surface area contributed by atoms with Crippen LogP contribution in [-0.4, -0.2) is 12.3 Å². The molecule has 0 unspecified atom stereocenters. The van der Waals surface area contributed by atoms with Crippen molar-refractivity contribution >= 4 is 7.37 Å². The van der Waals surface area contributed by atoms with Crippen LogP contribution >= 0.6 is 7.37 Å². The Labute approximate surface area is 110 Å². The summed E-state index contributed by atoms with van der Waals surface area (Å²) in [6, 6.07) is 8.11. The van der Waals surface area contributed by atoms with E-state index in [4.69, 9.17) is 4.52 Å². The van der Waals surface area contributed by atoms with E-state index in [0.717, 1.165) is 30.9 Å². The van der Waals surface area contributed by atoms with Crippen LogP contribution in [0.2, 0.25) is 0 Å². The molecule has 1 fully saturated rings. The van der Waals surface area contributed by atoms with E-state index in [1.54, 1.807) is 0 Å². The van der Waals surface area contributed by atoms with Gasteiger partial charge in [0.1, 0.15) is 5.75 Å². The van der Waals surface area contributed by atoms with Crippen LogP contribution in [0.3, 0.4) is 0 Å². The maximum absolute atomic E-state index is 12.4. The lowest BCUT2D eigenvalue weighted by atomic mass is 9.99. The summed E-state index contributed by atoms with van der Waals surface area (Å²) in [4.78, 5) is 0. The van der Waals surface area contributed by atoms with Gasteiger partial charge in [-0.1, -0.05) is 32.9 Å². The van der Waals surface area contributed by atoms with Crippen LogP contribution < -0.4 is 4.52 Å². The minimum absolute atomic E-state index is 0.537. The molecule has 0 aromatic heterocycles. The highest BCUT2D eigenvalue weighted by Crippen LogP contribution is 2.54. The minimum Gasteiger partial charge on any atom is -0.443 e. The first-order chi connectivity index (χ1) is 8.52. The third-order valence-corrected chi connectivity index (χ3v) is 6.55. The predicted molar refractivity (Wildman–Crippen MR) is 76.9 cm³/mol. The average Bonchev–Trinajstić information content (AvgIpc) is 2.69. The molecule has 0 bridgehead atoms. The molecule has 1 saturated heterocycles. The summed E-state index contributed by atoms with van der Waals surface area (Å²) in [5.41, 5.74) is 1.32. The molecule has 1 aliphatic heterocycles. The highest BCUT2D eigenvalue weighted by molar-refractivity contribution is 7.59. The van der Waals surface area contributed by atoms with Crippen LogP contribution in [-0.2, 0) is 4.57 Å². The molecule has 100 valence electrons. The van der Waals surface area contributed by atoms with Crippen LogP contribution in [0.15, 0.2) is 24.3 Å². The highest BCUT2D eigenvalue weighted by atomic mass is 31.2. The maximum atomic E-state index is 12.4. The van der Waals surface area contributed by atoms with Gasteiger partial charge < -0.3 is 4.52 Å². The predicted octanol–water partition coefficient (Wildman–Crippen LogP) is 4.90. The molecule has 3 atom stereocenters. The quantitative estimate of drug-likeness (QED) is 0.725. The van der Waals surface area contributed by atoms with Gasteiger partial charge in [0.25, 0.3) is 0 Å². The van der Waals surface area contributed by atoms with Crippen molar-refractivity contribution in [3.8, 4) is 5.75 Å². The number of rotatable bonds is 4. The number of benzene rings is 1. The molecule has 1 aromatic rings. The summed E-state index contributed by atoms with van der Waals surface area (Å²) >= 11 is 0. The van der Waals surface area contributed by atoms with Gasteiger partial charge in [-0.2, -0.15) is 0 Å². The van der Waals surface area contributed by atoms with Crippen molar-refractivity contribution < 1.29 is 9.09 Å². The van der Waals surface area contributed by atoms with Gasteiger partial charge in [0.15, 0.2) is 0 Å². The fourth-order valence-corrected chi connectivity index (χ4v) is 5.26. The largest absolute Gasteiger partial charge is 0.443 e. The Hall–Kier alpha value is -0.750. The van der Waals surface area contributed by atoms with Gasteiger partial charge in [-0.25, -0.2) is 0 Å². The lowest BCUT2D eigenvalue weighted by Gasteiger charge is -2.15. The van der Waals surface area contributed by atoms with E-state index in [1.165, 1.54) is 5.56 Å². The average molecular weight is 266 g/mol. The molecule has 18 heavy (non-hydrogen) atoms. The Kier molecular flexibility index (Phi) is 4.17. The van der Waals surface area contributed by atoms with Crippen molar-refractivity contribution in [3.63, 3.8) is 0 Å². The monoisotopic (exact) mass is 266 g/mol. The summed E-state index contributed by atoms with van der Waals surface area (Å²) < 4.78 is 18.2. The normalized spacial score (nSPS) is 29.2. The van der Waals surface area contributed by atoms with E-state index in [1.807, 2.05) is 12.1 Å². The second kappa shape index (κ2) is 5.48. The molecule has 0 radical (unpaired) electrons. The molecule has 0 aliphatic carbocycles. The van der Waals surface area contributed by atoms with Crippen LogP contribution in [0, 0.1) is 5.92 Å². The van der Waals surface area contributed by atoms with Crippen LogP contribution in [0.1, 0.15) is 45.1 Å². The molecule has 0 spiro atoms. The lowest BCUT2D eigenvalue weighted by molar-refractivity contribution is 0.486. The van der Waals surface area contributed by atoms with Gasteiger partial charge in [0.05, 0.1) is 0 Å². The zero-order chi connectivity index (χ0) is 13.2. The van der Waals surface area contributed by atoms with Gasteiger partial charge in [-0.3, -0.25) is 4.57 Å². The smallest absolute Gasteiger partial charge is 0.248 e. The topological polar surface area (TPSA) is 26.3 Å². The number of hydrogen-bond acceptors (Lipinski definition) is 2. The minimum atomic E-state index is -2.39. The first-order valence-electron chi connectivity index (χ1n) is 6.90. The van der Waals surface area contributed by atoms with Crippen molar-refractivity contribution in [2.24, 2.45) is 5.92 Å². The van der Waals surface area contributed by atoms with E-state index in [2.05, 4.69) is 32.9 Å². The Bertz CT molecular complexity index is 438. The molecule has 1 aromatic carbocycles. The van der Waals surface area contributed by atoms with E-state index >= 15 is 0 Å². The Morgan fingerprint density at radius 2 is 2.06 bits per heavy atom. The Morgan fingerprint density at radius 1 is 1.39 bits per heavy atom. The Morgan fingerprint density at radius 3 is 2.56 bits per heavy atom. The molecule has 2 nitrogen and oxygen atoms in total. The van der Waals surface area contributed by atoms with Gasteiger partial charge in [0, 0.05) is 12.3 Å². The van der Waals surface area contributed by atoms with E-state index in [9.17, 15) is 4.57 Å². The summed E-state index contributed by atoms with van der Waals surface area (Å²) in [6.45, 7) is 6.55. The van der Waals surface area contributed by atoms with Crippen LogP contribution in [0.4, 0.5) is 0 Å². The second-order valence-corrected chi connectivity index (χ2v) is 8.21. The highest BCUT2D eigenvalue weighted by Gasteiger charge is 2.33. The fraction of sp³-hybridized carbons (Fsp3) is 0.600. The zero-order valence-electron chi connectivity index (χ0n) is 11.6. The van der Waals surface area contributed by atoms with Gasteiger partial charge in [0.2, 0.25) is 7.37 Å². The molecule has 0 N–H and O–H groups in total. The van der Waals surface area contributed by atoms with Crippen LogP contribution in [0.25, 0.3) is 0 Å². The van der Waals surface area contributed by atoms with Crippen molar-refractivity contribution in [2.75, 3.05) is 12.3 Å². The van der Waals surface area contributed by atoms with Crippen molar-refractivity contribution in [1.82, 2.24) is 0 Å². The lowest BCUT2D eigenvalue weighted by Crippen LogP contribution is -1.97. The van der Waals surface area contributed by atoms with Gasteiger partial charge in [-0.05, 0) is 42.4 Å². The fourth-order valence-electron chi connectivity index (χ4n) is 2.44. The van der Waals surface area contributed by atoms with Crippen LogP contribution in [0.5, 0.6) is 5.75 Å². The van der Waals surface area contributed by atoms with E-state index < -0.39 is 7.37 Å². The summed E-state index contributed by atoms with van der Waals surface area (Å²) in [5, 5.41) is 0. The molecule has 1 aliphatic rings. The van der Waals surface area contributed by atoms with Gasteiger partial charge >= 0.3 is 0 Å². The first-order valence-corrected chi connectivity index (χ1v) is 8.89. The van der Waals surface area contributed by atoms with Crippen molar-refractivity contribution in [2.45, 2.75) is 39.5 Å². The second-order valence-electron chi connectivity index (χ2n) is 5.58. The summed E-state index contributed by atoms with van der Waals surface area (Å²) in [5.74, 6) is 1.87. The molecule has 3 heteroatoms. The molecule has 0 amide bonds. The first kappa shape index (κ1) is 13.7. The molecular weight excluding hydrogens is 243 g/mol. The Balaban J connectivity index is 2.05. The summed E-state index contributed by atoms with van der Waals surface area (Å²) in [6.07, 6.45) is 3.64.